The van der Waals surface area contributed by atoms with Gasteiger partial charge in [-0.1, -0.05) is 65.9 Å². The summed E-state index contributed by atoms with van der Waals surface area (Å²) in [5.41, 5.74) is 3.32. The van der Waals surface area contributed by atoms with Crippen molar-refractivity contribution in [3.05, 3.63) is 127 Å². The van der Waals surface area contributed by atoms with Gasteiger partial charge in [0.05, 0.1) is 36.1 Å². The van der Waals surface area contributed by atoms with E-state index in [-0.39, 0.29) is 5.56 Å². The number of nitrogens with zero attached hydrogens (tertiary/aromatic N) is 2. The van der Waals surface area contributed by atoms with Crippen LogP contribution in [0, 0.1) is 0 Å². The fraction of sp³-hybridized carbons (Fsp3) is 0.167. The summed E-state index contributed by atoms with van der Waals surface area (Å²) in [4.78, 5) is 31.6. The van der Waals surface area contributed by atoms with Crippen molar-refractivity contribution in [3.63, 3.8) is 0 Å². The van der Waals surface area contributed by atoms with E-state index in [1.807, 2.05) is 72.8 Å². The van der Waals surface area contributed by atoms with E-state index in [1.54, 1.807) is 30.7 Å². The molecule has 1 aliphatic rings. The molecule has 1 aliphatic heterocycles. The van der Waals surface area contributed by atoms with Crippen molar-refractivity contribution in [2.24, 2.45) is 4.99 Å². The average Bonchev–Trinajstić information content (AvgIpc) is 3.26. The van der Waals surface area contributed by atoms with Gasteiger partial charge in [-0.25, -0.2) is 9.79 Å². The largest absolute Gasteiger partial charge is 0.497 e. The Bertz CT molecular complexity index is 1670. The Hall–Kier alpha value is -4.43. The van der Waals surface area contributed by atoms with E-state index < -0.39 is 12.0 Å². The molecular weight excluding hydrogens is 500 g/mol. The molecule has 0 fully saturated rings. The topological polar surface area (TPSA) is 79.1 Å². The molecule has 1 aromatic heterocycles. The molecule has 38 heavy (non-hydrogen) atoms. The second kappa shape index (κ2) is 10.9. The van der Waals surface area contributed by atoms with Gasteiger partial charge in [0.1, 0.15) is 18.1 Å². The summed E-state index contributed by atoms with van der Waals surface area (Å²) in [6, 6.07) is 24.2. The lowest BCUT2D eigenvalue weighted by Gasteiger charge is -2.24. The Morgan fingerprint density at radius 1 is 0.974 bits per heavy atom. The first-order valence-corrected chi connectivity index (χ1v) is 12.8. The molecule has 7 nitrogen and oxygen atoms in total. The molecule has 2 heterocycles. The monoisotopic (exact) mass is 526 g/mol. The van der Waals surface area contributed by atoms with Gasteiger partial charge in [0, 0.05) is 0 Å². The SMILES string of the molecule is COC(=O)C1=C(C)N=c2s/c(=C/c3ccc(OCc4ccccc4)cc3)c(=O)n2[C@H]1c1ccc(OC)cc1. The second-order valence-electron chi connectivity index (χ2n) is 8.69. The zero-order valence-electron chi connectivity index (χ0n) is 21.2. The molecule has 192 valence electrons. The predicted molar refractivity (Wildman–Crippen MR) is 146 cm³/mol. The second-order valence-corrected chi connectivity index (χ2v) is 9.70. The molecule has 0 amide bonds. The molecule has 5 rings (SSSR count). The smallest absolute Gasteiger partial charge is 0.338 e. The average molecular weight is 527 g/mol. The molecule has 0 aliphatic carbocycles. The maximum absolute atomic E-state index is 13.7. The van der Waals surface area contributed by atoms with Crippen LogP contribution >= 0.6 is 11.3 Å². The highest BCUT2D eigenvalue weighted by atomic mass is 32.1. The van der Waals surface area contributed by atoms with Crippen molar-refractivity contribution in [1.82, 2.24) is 4.57 Å². The van der Waals surface area contributed by atoms with Crippen molar-refractivity contribution in [2.75, 3.05) is 14.2 Å². The van der Waals surface area contributed by atoms with Gasteiger partial charge < -0.3 is 14.2 Å². The van der Waals surface area contributed by atoms with Crippen molar-refractivity contribution >= 4 is 23.4 Å². The van der Waals surface area contributed by atoms with Crippen LogP contribution in [0.25, 0.3) is 6.08 Å². The minimum absolute atomic E-state index is 0.229. The number of rotatable bonds is 7. The van der Waals surface area contributed by atoms with Crippen LogP contribution in [0.15, 0.2) is 99.9 Å². The van der Waals surface area contributed by atoms with Crippen LogP contribution in [-0.2, 0) is 16.1 Å². The molecule has 0 spiro atoms. The third-order valence-electron chi connectivity index (χ3n) is 6.28. The fourth-order valence-electron chi connectivity index (χ4n) is 4.35. The summed E-state index contributed by atoms with van der Waals surface area (Å²) in [6.07, 6.45) is 1.83. The zero-order chi connectivity index (χ0) is 26.6. The number of fused-ring (bicyclic) bond motifs is 1. The number of carbonyl (C=O) groups is 1. The van der Waals surface area contributed by atoms with Crippen LogP contribution in [0.2, 0.25) is 0 Å². The van der Waals surface area contributed by atoms with Gasteiger partial charge in [-0.2, -0.15) is 0 Å². The summed E-state index contributed by atoms with van der Waals surface area (Å²) in [5, 5.41) is 0. The number of aromatic nitrogens is 1. The number of thiazole rings is 1. The van der Waals surface area contributed by atoms with E-state index in [0.29, 0.717) is 33.0 Å². The van der Waals surface area contributed by atoms with Gasteiger partial charge in [-0.05, 0) is 54.0 Å². The van der Waals surface area contributed by atoms with Crippen molar-refractivity contribution in [1.29, 1.82) is 0 Å². The van der Waals surface area contributed by atoms with Gasteiger partial charge in [-0.15, -0.1) is 0 Å². The van der Waals surface area contributed by atoms with Gasteiger partial charge in [-0.3, -0.25) is 9.36 Å². The summed E-state index contributed by atoms with van der Waals surface area (Å²) in [7, 11) is 2.91. The van der Waals surface area contributed by atoms with E-state index >= 15 is 0 Å². The Labute approximate surface area is 223 Å². The molecule has 0 saturated heterocycles. The standard InChI is InChI=1S/C30H26N2O5S/c1-19-26(29(34)36-3)27(22-11-15-23(35-2)16-12-22)32-28(33)25(38-30(32)31-19)17-20-9-13-24(14-10-20)37-18-21-7-5-4-6-8-21/h4-17,27H,18H2,1-3H3/b25-17+/t27-/m0/s1. The molecule has 4 aromatic rings. The summed E-state index contributed by atoms with van der Waals surface area (Å²) >= 11 is 1.29. The maximum atomic E-state index is 13.7. The summed E-state index contributed by atoms with van der Waals surface area (Å²) in [5.74, 6) is 0.899. The molecule has 3 aromatic carbocycles. The quantitative estimate of drug-likeness (QED) is 0.340. The summed E-state index contributed by atoms with van der Waals surface area (Å²) < 4.78 is 18.3. The normalized spacial score (nSPS) is 15.0. The Balaban J connectivity index is 1.51. The molecule has 0 saturated carbocycles. The highest BCUT2D eigenvalue weighted by molar-refractivity contribution is 7.07. The maximum Gasteiger partial charge on any atom is 0.338 e. The lowest BCUT2D eigenvalue weighted by molar-refractivity contribution is -0.136. The van der Waals surface area contributed by atoms with Crippen LogP contribution < -0.4 is 24.4 Å². The minimum Gasteiger partial charge on any atom is -0.497 e. The van der Waals surface area contributed by atoms with E-state index in [9.17, 15) is 9.59 Å². The van der Waals surface area contributed by atoms with Crippen LogP contribution in [0.5, 0.6) is 11.5 Å². The Morgan fingerprint density at radius 3 is 2.32 bits per heavy atom. The molecule has 0 radical (unpaired) electrons. The van der Waals surface area contributed by atoms with E-state index in [2.05, 4.69) is 4.99 Å². The number of esters is 1. The number of ether oxygens (including phenoxy) is 3. The Morgan fingerprint density at radius 2 is 1.66 bits per heavy atom. The van der Waals surface area contributed by atoms with Gasteiger partial charge in [0.15, 0.2) is 4.80 Å². The van der Waals surface area contributed by atoms with Gasteiger partial charge in [0.25, 0.3) is 5.56 Å². The first-order chi connectivity index (χ1) is 18.5. The van der Waals surface area contributed by atoms with Crippen molar-refractivity contribution in [2.45, 2.75) is 19.6 Å². The molecule has 8 heteroatoms. The molecule has 0 N–H and O–H groups in total. The van der Waals surface area contributed by atoms with Crippen LogP contribution in [0.1, 0.15) is 29.7 Å². The fourth-order valence-corrected chi connectivity index (χ4v) is 5.39. The number of benzene rings is 3. The molecule has 1 atom stereocenters. The number of allylic oxidation sites excluding steroid dienone is 1. The summed E-state index contributed by atoms with van der Waals surface area (Å²) in [6.45, 7) is 2.24. The predicted octanol–water partition coefficient (Wildman–Crippen LogP) is 4.00. The van der Waals surface area contributed by atoms with E-state index in [1.165, 1.54) is 18.4 Å². The van der Waals surface area contributed by atoms with E-state index in [4.69, 9.17) is 14.2 Å². The first kappa shape index (κ1) is 25.2. The lowest BCUT2D eigenvalue weighted by Crippen LogP contribution is -2.39. The third-order valence-corrected chi connectivity index (χ3v) is 7.27. The third kappa shape index (κ3) is 5.03. The first-order valence-electron chi connectivity index (χ1n) is 12.0. The van der Waals surface area contributed by atoms with Crippen molar-refractivity contribution < 1.29 is 19.0 Å². The minimum atomic E-state index is -0.666. The molecular formula is C30H26N2O5S. The highest BCUT2D eigenvalue weighted by Crippen LogP contribution is 2.31. The number of carbonyl (C=O) groups excluding carboxylic acids is 1. The van der Waals surface area contributed by atoms with Crippen molar-refractivity contribution in [3.8, 4) is 11.5 Å². The number of hydrogen-bond acceptors (Lipinski definition) is 7. The lowest BCUT2D eigenvalue weighted by atomic mass is 9.96. The number of hydrogen-bond donors (Lipinski definition) is 0. The highest BCUT2D eigenvalue weighted by Gasteiger charge is 2.33. The molecule has 0 bridgehead atoms. The van der Waals surface area contributed by atoms with Crippen LogP contribution in [-0.4, -0.2) is 24.8 Å². The van der Waals surface area contributed by atoms with Gasteiger partial charge >= 0.3 is 5.97 Å². The zero-order valence-corrected chi connectivity index (χ0v) is 22.0. The van der Waals surface area contributed by atoms with E-state index in [0.717, 1.165) is 22.4 Å². The number of methoxy groups -OCH3 is 2. The van der Waals surface area contributed by atoms with Gasteiger partial charge in [0.2, 0.25) is 0 Å². The van der Waals surface area contributed by atoms with Crippen LogP contribution in [0.4, 0.5) is 0 Å². The molecule has 0 unspecified atom stereocenters. The van der Waals surface area contributed by atoms with Crippen LogP contribution in [0.3, 0.4) is 0 Å². The Kier molecular flexibility index (Phi) is 7.24.